The maximum Gasteiger partial charge on any atom is 0.146 e. The SMILES string of the molecule is N#Cc1cc2c(nc1N1CCC(N3CCc4sccc4C3)CC1)CCC2. The van der Waals surface area contributed by atoms with E-state index in [4.69, 9.17) is 4.98 Å². The fraction of sp³-hybridized carbons (Fsp3) is 0.524. The van der Waals surface area contributed by atoms with Crippen LogP contribution in [0.5, 0.6) is 0 Å². The molecule has 2 aliphatic heterocycles. The van der Waals surface area contributed by atoms with Crippen LogP contribution in [0.3, 0.4) is 0 Å². The van der Waals surface area contributed by atoms with Crippen molar-refractivity contribution >= 4 is 17.2 Å². The Morgan fingerprint density at radius 3 is 2.85 bits per heavy atom. The van der Waals surface area contributed by atoms with Crippen LogP contribution in [0, 0.1) is 11.3 Å². The van der Waals surface area contributed by atoms with Gasteiger partial charge < -0.3 is 4.90 Å². The van der Waals surface area contributed by atoms with Crippen LogP contribution in [0.4, 0.5) is 5.82 Å². The Bertz CT molecular complexity index is 857. The molecule has 0 atom stereocenters. The molecule has 0 radical (unpaired) electrons. The highest BCUT2D eigenvalue weighted by Crippen LogP contribution is 2.31. The Morgan fingerprint density at radius 1 is 1.12 bits per heavy atom. The van der Waals surface area contributed by atoms with E-state index in [-0.39, 0.29) is 0 Å². The summed E-state index contributed by atoms with van der Waals surface area (Å²) in [6.07, 6.45) is 6.88. The standard InChI is InChI=1S/C21H24N4S/c22-13-17-12-15-2-1-3-19(15)23-21(17)24-8-4-18(5-9-24)25-10-6-20-16(14-25)7-11-26-20/h7,11-12,18H,1-6,8-10,14H2. The lowest BCUT2D eigenvalue weighted by molar-refractivity contribution is 0.154. The van der Waals surface area contributed by atoms with Crippen LogP contribution in [0.1, 0.15) is 46.5 Å². The van der Waals surface area contributed by atoms with Gasteiger partial charge in [0.15, 0.2) is 0 Å². The minimum atomic E-state index is 0.666. The number of pyridine rings is 1. The largest absolute Gasteiger partial charge is 0.355 e. The molecule has 0 amide bonds. The lowest BCUT2D eigenvalue weighted by atomic mass is 9.99. The first kappa shape index (κ1) is 16.3. The van der Waals surface area contributed by atoms with Crippen LogP contribution in [0.2, 0.25) is 0 Å². The predicted octanol–water partition coefficient (Wildman–Crippen LogP) is 3.53. The quantitative estimate of drug-likeness (QED) is 0.818. The molecule has 1 fully saturated rings. The van der Waals surface area contributed by atoms with Gasteiger partial charge in [0.1, 0.15) is 11.9 Å². The number of nitriles is 1. The summed E-state index contributed by atoms with van der Waals surface area (Å²) in [6.45, 7) is 4.33. The predicted molar refractivity (Wildman–Crippen MR) is 105 cm³/mol. The summed E-state index contributed by atoms with van der Waals surface area (Å²) in [5, 5.41) is 11.8. The van der Waals surface area contributed by atoms with Crippen molar-refractivity contribution in [1.82, 2.24) is 9.88 Å². The van der Waals surface area contributed by atoms with Gasteiger partial charge in [0.25, 0.3) is 0 Å². The second-order valence-electron chi connectivity index (χ2n) is 7.74. The molecule has 0 spiro atoms. The third kappa shape index (κ3) is 2.82. The van der Waals surface area contributed by atoms with Gasteiger partial charge in [-0.05, 0) is 67.2 Å². The average Bonchev–Trinajstić information content (AvgIpc) is 3.35. The number of rotatable bonds is 2. The van der Waals surface area contributed by atoms with E-state index in [2.05, 4.69) is 33.4 Å². The van der Waals surface area contributed by atoms with Gasteiger partial charge in [-0.1, -0.05) is 0 Å². The highest BCUT2D eigenvalue weighted by atomic mass is 32.1. The number of hydrogen-bond donors (Lipinski definition) is 0. The van der Waals surface area contributed by atoms with E-state index in [1.807, 2.05) is 11.3 Å². The summed E-state index contributed by atoms with van der Waals surface area (Å²) in [4.78, 5) is 11.5. The number of aromatic nitrogens is 1. The van der Waals surface area contributed by atoms with Crippen molar-refractivity contribution in [2.75, 3.05) is 24.5 Å². The van der Waals surface area contributed by atoms with E-state index in [1.165, 1.54) is 49.0 Å². The molecular weight excluding hydrogens is 340 g/mol. The van der Waals surface area contributed by atoms with Gasteiger partial charge in [0.05, 0.1) is 5.56 Å². The van der Waals surface area contributed by atoms with Gasteiger partial charge in [0, 0.05) is 42.8 Å². The third-order valence-electron chi connectivity index (χ3n) is 6.27. The molecule has 0 N–H and O–H groups in total. The molecule has 4 nitrogen and oxygen atoms in total. The molecule has 5 rings (SSSR count). The fourth-order valence-corrected chi connectivity index (χ4v) is 5.70. The van der Waals surface area contributed by atoms with Crippen molar-refractivity contribution < 1.29 is 0 Å². The molecule has 2 aromatic heterocycles. The molecule has 5 heteroatoms. The summed E-state index contributed by atoms with van der Waals surface area (Å²) >= 11 is 1.91. The molecule has 3 aliphatic rings. The molecule has 0 unspecified atom stereocenters. The normalized spacial score (nSPS) is 20.7. The molecule has 0 aromatic carbocycles. The molecule has 1 aliphatic carbocycles. The molecule has 26 heavy (non-hydrogen) atoms. The summed E-state index contributed by atoms with van der Waals surface area (Å²) in [7, 11) is 0. The van der Waals surface area contributed by atoms with Crippen LogP contribution >= 0.6 is 11.3 Å². The van der Waals surface area contributed by atoms with Crippen molar-refractivity contribution in [1.29, 1.82) is 5.26 Å². The number of anilines is 1. The van der Waals surface area contributed by atoms with Crippen molar-refractivity contribution in [3.63, 3.8) is 0 Å². The third-order valence-corrected chi connectivity index (χ3v) is 7.29. The Balaban J connectivity index is 1.29. The number of hydrogen-bond acceptors (Lipinski definition) is 5. The van der Waals surface area contributed by atoms with Crippen LogP contribution in [0.15, 0.2) is 17.5 Å². The maximum absolute atomic E-state index is 9.58. The Hall–Kier alpha value is -1.90. The number of aryl methyl sites for hydroxylation is 2. The van der Waals surface area contributed by atoms with E-state index in [0.717, 1.165) is 43.9 Å². The van der Waals surface area contributed by atoms with Crippen LogP contribution in [-0.4, -0.2) is 35.6 Å². The summed E-state index contributed by atoms with van der Waals surface area (Å²) in [6, 6.07) is 7.46. The minimum Gasteiger partial charge on any atom is -0.355 e. The van der Waals surface area contributed by atoms with E-state index < -0.39 is 0 Å². The number of thiophene rings is 1. The van der Waals surface area contributed by atoms with Gasteiger partial charge in [-0.15, -0.1) is 11.3 Å². The van der Waals surface area contributed by atoms with Crippen molar-refractivity contribution in [3.8, 4) is 6.07 Å². The highest BCUT2D eigenvalue weighted by molar-refractivity contribution is 7.10. The van der Waals surface area contributed by atoms with Crippen LogP contribution in [0.25, 0.3) is 0 Å². The lowest BCUT2D eigenvalue weighted by Gasteiger charge is -2.40. The number of nitrogens with zero attached hydrogens (tertiary/aromatic N) is 4. The zero-order valence-corrected chi connectivity index (χ0v) is 15.9. The van der Waals surface area contributed by atoms with Crippen molar-refractivity contribution in [2.45, 2.75) is 51.1 Å². The molecule has 1 saturated heterocycles. The van der Waals surface area contributed by atoms with Gasteiger partial charge in [-0.3, -0.25) is 4.90 Å². The lowest BCUT2D eigenvalue weighted by Crippen LogP contribution is -2.46. The monoisotopic (exact) mass is 364 g/mol. The second-order valence-corrected chi connectivity index (χ2v) is 8.74. The van der Waals surface area contributed by atoms with Crippen molar-refractivity contribution in [3.05, 3.63) is 44.8 Å². The molecule has 0 saturated carbocycles. The molecule has 0 bridgehead atoms. The summed E-state index contributed by atoms with van der Waals surface area (Å²) in [5.41, 5.74) is 4.82. The summed E-state index contributed by atoms with van der Waals surface area (Å²) < 4.78 is 0. The molecule has 134 valence electrons. The van der Waals surface area contributed by atoms with E-state index >= 15 is 0 Å². The van der Waals surface area contributed by atoms with Gasteiger partial charge in [-0.2, -0.15) is 5.26 Å². The van der Waals surface area contributed by atoms with Gasteiger partial charge in [-0.25, -0.2) is 4.98 Å². The van der Waals surface area contributed by atoms with E-state index in [0.29, 0.717) is 6.04 Å². The zero-order valence-electron chi connectivity index (χ0n) is 15.1. The molecule has 2 aromatic rings. The number of fused-ring (bicyclic) bond motifs is 2. The summed E-state index contributed by atoms with van der Waals surface area (Å²) in [5.74, 6) is 0.936. The highest BCUT2D eigenvalue weighted by Gasteiger charge is 2.29. The first-order valence-corrected chi connectivity index (χ1v) is 10.7. The Morgan fingerprint density at radius 2 is 2.00 bits per heavy atom. The fourth-order valence-electron chi connectivity index (χ4n) is 4.81. The molecule has 4 heterocycles. The topological polar surface area (TPSA) is 43.2 Å². The second kappa shape index (κ2) is 6.68. The van der Waals surface area contributed by atoms with Crippen LogP contribution < -0.4 is 4.90 Å². The molecular formula is C21H24N4S. The van der Waals surface area contributed by atoms with Crippen LogP contribution in [-0.2, 0) is 25.8 Å². The van der Waals surface area contributed by atoms with E-state index in [9.17, 15) is 5.26 Å². The Labute approximate surface area is 159 Å². The minimum absolute atomic E-state index is 0.666. The van der Waals surface area contributed by atoms with Crippen molar-refractivity contribution in [2.24, 2.45) is 0 Å². The number of piperidine rings is 1. The average molecular weight is 365 g/mol. The first-order chi connectivity index (χ1) is 12.8. The van der Waals surface area contributed by atoms with Gasteiger partial charge in [0.2, 0.25) is 0 Å². The van der Waals surface area contributed by atoms with E-state index in [1.54, 1.807) is 4.88 Å². The smallest absolute Gasteiger partial charge is 0.146 e. The first-order valence-electron chi connectivity index (χ1n) is 9.79. The Kier molecular flexibility index (Phi) is 4.18. The maximum atomic E-state index is 9.58. The van der Waals surface area contributed by atoms with Gasteiger partial charge >= 0.3 is 0 Å². The zero-order chi connectivity index (χ0) is 17.5.